The van der Waals surface area contributed by atoms with E-state index >= 15 is 0 Å². The zero-order valence-corrected chi connectivity index (χ0v) is 14.7. The normalized spacial score (nSPS) is 15.1. The topological polar surface area (TPSA) is 65.4 Å². The number of rotatable bonds is 5. The maximum absolute atomic E-state index is 11.9. The molecule has 1 saturated carbocycles. The summed E-state index contributed by atoms with van der Waals surface area (Å²) in [6.07, 6.45) is 6.48. The van der Waals surface area contributed by atoms with Crippen LogP contribution in [-0.4, -0.2) is 25.8 Å². The van der Waals surface area contributed by atoms with E-state index in [-0.39, 0.29) is 10.5 Å². The largest absolute Gasteiger partial charge is 0.493 e. The van der Waals surface area contributed by atoms with Gasteiger partial charge >= 0.3 is 0 Å². The van der Waals surface area contributed by atoms with Crippen LogP contribution in [0, 0.1) is 5.92 Å². The number of aryl methyl sites for hydroxylation is 1. The van der Waals surface area contributed by atoms with E-state index < -0.39 is 9.84 Å². The molecule has 0 N–H and O–H groups in total. The molecule has 2 aromatic rings. The van der Waals surface area contributed by atoms with Crippen LogP contribution in [0.1, 0.15) is 19.3 Å². The molecule has 0 bridgehead atoms. The van der Waals surface area contributed by atoms with Gasteiger partial charge in [0.05, 0.1) is 11.5 Å². The Morgan fingerprint density at radius 2 is 1.96 bits per heavy atom. The number of hydrogen-bond acceptors (Lipinski definition) is 4. The third-order valence-corrected chi connectivity index (χ3v) is 5.59. The summed E-state index contributed by atoms with van der Waals surface area (Å²) in [6.45, 7) is 0.636. The van der Waals surface area contributed by atoms with Gasteiger partial charge in [0.15, 0.2) is 9.84 Å². The average molecular weight is 347 g/mol. The van der Waals surface area contributed by atoms with Gasteiger partial charge in [-0.3, -0.25) is 4.79 Å². The first-order valence-electron chi connectivity index (χ1n) is 7.98. The van der Waals surface area contributed by atoms with E-state index in [0.29, 0.717) is 23.8 Å². The van der Waals surface area contributed by atoms with Gasteiger partial charge in [0, 0.05) is 36.7 Å². The Morgan fingerprint density at radius 3 is 2.54 bits per heavy atom. The number of benzene rings is 1. The second kappa shape index (κ2) is 6.43. The van der Waals surface area contributed by atoms with Gasteiger partial charge in [-0.25, -0.2) is 8.42 Å². The van der Waals surface area contributed by atoms with Crippen molar-refractivity contribution in [3.05, 3.63) is 46.9 Å². The number of sulfone groups is 1. The van der Waals surface area contributed by atoms with E-state index in [1.54, 1.807) is 37.5 Å². The van der Waals surface area contributed by atoms with Gasteiger partial charge in [-0.15, -0.1) is 0 Å². The molecule has 1 aromatic heterocycles. The predicted molar refractivity (Wildman–Crippen MR) is 93.1 cm³/mol. The third kappa shape index (κ3) is 3.53. The van der Waals surface area contributed by atoms with Gasteiger partial charge in [0.2, 0.25) is 5.56 Å². The van der Waals surface area contributed by atoms with E-state index in [2.05, 4.69) is 0 Å². The minimum atomic E-state index is -3.32. The monoisotopic (exact) mass is 347 g/mol. The molecule has 1 heterocycles. The van der Waals surface area contributed by atoms with Gasteiger partial charge in [-0.1, -0.05) is 6.42 Å². The molecule has 24 heavy (non-hydrogen) atoms. The van der Waals surface area contributed by atoms with Crippen molar-refractivity contribution in [2.75, 3.05) is 12.9 Å². The highest BCUT2D eigenvalue weighted by molar-refractivity contribution is 7.90. The third-order valence-electron chi connectivity index (χ3n) is 4.48. The van der Waals surface area contributed by atoms with Crippen molar-refractivity contribution in [3.8, 4) is 16.9 Å². The first-order valence-corrected chi connectivity index (χ1v) is 9.88. The van der Waals surface area contributed by atoms with Gasteiger partial charge in [0.25, 0.3) is 0 Å². The molecule has 1 aliphatic carbocycles. The fraction of sp³-hybridized carbons (Fsp3) is 0.389. The maximum Gasteiger partial charge on any atom is 0.250 e. The summed E-state index contributed by atoms with van der Waals surface area (Å²) >= 11 is 0. The Kier molecular flexibility index (Phi) is 4.49. The van der Waals surface area contributed by atoms with Crippen LogP contribution in [0.2, 0.25) is 0 Å². The SMILES string of the molecule is Cn1cc(-c2cc(S(C)(=O)=O)ccc2OCC2CCC2)ccc1=O. The molecule has 1 aromatic carbocycles. The Balaban J connectivity index is 2.03. The Morgan fingerprint density at radius 1 is 1.21 bits per heavy atom. The van der Waals surface area contributed by atoms with E-state index in [1.165, 1.54) is 36.2 Å². The van der Waals surface area contributed by atoms with Crippen molar-refractivity contribution in [1.82, 2.24) is 4.57 Å². The van der Waals surface area contributed by atoms with E-state index in [4.69, 9.17) is 4.74 Å². The van der Waals surface area contributed by atoms with Crippen molar-refractivity contribution < 1.29 is 13.2 Å². The highest BCUT2D eigenvalue weighted by Gasteiger charge is 2.20. The lowest BCUT2D eigenvalue weighted by Crippen LogP contribution is -2.19. The van der Waals surface area contributed by atoms with Crippen LogP contribution >= 0.6 is 0 Å². The summed E-state index contributed by atoms with van der Waals surface area (Å²) in [4.78, 5) is 11.8. The molecule has 0 unspecified atom stereocenters. The summed E-state index contributed by atoms with van der Waals surface area (Å²) in [5, 5.41) is 0. The van der Waals surface area contributed by atoms with Crippen molar-refractivity contribution >= 4 is 9.84 Å². The average Bonchev–Trinajstić information content (AvgIpc) is 2.48. The van der Waals surface area contributed by atoms with Gasteiger partial charge in [0.1, 0.15) is 5.75 Å². The summed E-state index contributed by atoms with van der Waals surface area (Å²) in [6, 6.07) is 8.05. The molecule has 0 saturated heterocycles. The predicted octanol–water partition coefficient (Wildman–Crippen LogP) is 2.63. The second-order valence-corrected chi connectivity index (χ2v) is 8.42. The molecule has 1 fully saturated rings. The molecule has 5 nitrogen and oxygen atoms in total. The maximum atomic E-state index is 11.9. The zero-order valence-electron chi connectivity index (χ0n) is 13.9. The van der Waals surface area contributed by atoms with Crippen molar-refractivity contribution in [3.63, 3.8) is 0 Å². The molecular weight excluding hydrogens is 326 g/mol. The first kappa shape index (κ1) is 16.8. The van der Waals surface area contributed by atoms with Crippen LogP contribution in [0.4, 0.5) is 0 Å². The van der Waals surface area contributed by atoms with Gasteiger partial charge < -0.3 is 9.30 Å². The lowest BCUT2D eigenvalue weighted by Gasteiger charge is -2.25. The number of nitrogens with zero attached hydrogens (tertiary/aromatic N) is 1. The van der Waals surface area contributed by atoms with Gasteiger partial charge in [-0.05, 0) is 43.0 Å². The Bertz CT molecular complexity index is 911. The molecule has 1 aliphatic rings. The Labute approximate surface area is 141 Å². The van der Waals surface area contributed by atoms with E-state index in [0.717, 1.165) is 5.56 Å². The molecule has 128 valence electrons. The highest BCUT2D eigenvalue weighted by Crippen LogP contribution is 2.34. The quantitative estimate of drug-likeness (QED) is 0.834. The second-order valence-electron chi connectivity index (χ2n) is 6.40. The molecule has 0 radical (unpaired) electrons. The van der Waals surface area contributed by atoms with Crippen LogP contribution in [0.5, 0.6) is 5.75 Å². The van der Waals surface area contributed by atoms with Crippen molar-refractivity contribution in [2.24, 2.45) is 13.0 Å². The lowest BCUT2D eigenvalue weighted by molar-refractivity contribution is 0.181. The van der Waals surface area contributed by atoms with Crippen LogP contribution in [0.25, 0.3) is 11.1 Å². The van der Waals surface area contributed by atoms with Crippen LogP contribution in [0.3, 0.4) is 0 Å². The first-order chi connectivity index (χ1) is 11.3. The summed E-state index contributed by atoms with van der Waals surface area (Å²) in [5.41, 5.74) is 1.33. The standard InChI is InChI=1S/C18H21NO4S/c1-19-11-14(6-9-18(19)20)16-10-15(24(2,21)22)7-8-17(16)23-12-13-4-3-5-13/h6-11,13H,3-5,12H2,1-2H3. The molecule has 0 aliphatic heterocycles. The van der Waals surface area contributed by atoms with Crippen LogP contribution in [0.15, 0.2) is 46.2 Å². The van der Waals surface area contributed by atoms with E-state index in [1.807, 2.05) is 0 Å². The molecule has 0 atom stereocenters. The zero-order chi connectivity index (χ0) is 17.3. The summed E-state index contributed by atoms with van der Waals surface area (Å²) in [7, 11) is -1.65. The van der Waals surface area contributed by atoms with Crippen molar-refractivity contribution in [2.45, 2.75) is 24.2 Å². The summed E-state index contributed by atoms with van der Waals surface area (Å²) in [5.74, 6) is 1.22. The highest BCUT2D eigenvalue weighted by atomic mass is 32.2. The van der Waals surface area contributed by atoms with Crippen LogP contribution < -0.4 is 10.3 Å². The Hall–Kier alpha value is -2.08. The molecule has 0 spiro atoms. The molecule has 3 rings (SSSR count). The number of aromatic nitrogens is 1. The minimum absolute atomic E-state index is 0.116. The number of pyridine rings is 1. The fourth-order valence-corrected chi connectivity index (χ4v) is 3.36. The summed E-state index contributed by atoms with van der Waals surface area (Å²) < 4.78 is 31.2. The van der Waals surface area contributed by atoms with E-state index in [9.17, 15) is 13.2 Å². The van der Waals surface area contributed by atoms with Crippen LogP contribution in [-0.2, 0) is 16.9 Å². The number of ether oxygens (including phenoxy) is 1. The lowest BCUT2D eigenvalue weighted by atomic mass is 9.86. The number of hydrogen-bond donors (Lipinski definition) is 0. The molecule has 0 amide bonds. The molecule has 6 heteroatoms. The fourth-order valence-electron chi connectivity index (χ4n) is 2.71. The minimum Gasteiger partial charge on any atom is -0.493 e. The smallest absolute Gasteiger partial charge is 0.250 e. The van der Waals surface area contributed by atoms with Crippen molar-refractivity contribution in [1.29, 1.82) is 0 Å². The van der Waals surface area contributed by atoms with Gasteiger partial charge in [-0.2, -0.15) is 0 Å². The molecular formula is C18H21NO4S.